The minimum atomic E-state index is -1.82. The highest BCUT2D eigenvalue weighted by Gasteiger charge is 2.21. The predicted molar refractivity (Wildman–Crippen MR) is 72.1 cm³/mol. The Morgan fingerprint density at radius 2 is 1.53 bits per heavy atom. The maximum Gasteiger partial charge on any atom is 0.244 e. The van der Waals surface area contributed by atoms with Gasteiger partial charge in [-0.25, -0.2) is 9.37 Å². The van der Waals surface area contributed by atoms with Crippen molar-refractivity contribution in [1.29, 1.82) is 0 Å². The first-order chi connectivity index (χ1) is 7.57. The van der Waals surface area contributed by atoms with Crippen molar-refractivity contribution in [2.45, 2.75) is 39.3 Å². The molecule has 0 unspecified atom stereocenters. The van der Waals surface area contributed by atoms with Crippen LogP contribution in [-0.2, 0) is 0 Å². The van der Waals surface area contributed by atoms with Gasteiger partial charge in [0.25, 0.3) is 0 Å². The van der Waals surface area contributed by atoms with Gasteiger partial charge in [-0.05, 0) is 39.3 Å². The third kappa shape index (κ3) is 5.31. The second-order valence-corrected chi connectivity index (χ2v) is 14.7. The second-order valence-electron chi connectivity index (χ2n) is 5.88. The quantitative estimate of drug-likeness (QED) is 0.785. The Labute approximate surface area is 104 Å². The fourth-order valence-corrected chi connectivity index (χ4v) is 2.74. The van der Waals surface area contributed by atoms with Crippen LogP contribution in [0.5, 0.6) is 11.6 Å². The van der Waals surface area contributed by atoms with Gasteiger partial charge >= 0.3 is 0 Å². The van der Waals surface area contributed by atoms with Crippen LogP contribution in [0.4, 0.5) is 4.39 Å². The summed E-state index contributed by atoms with van der Waals surface area (Å²) in [5.41, 5.74) is 0. The molecular weight excluding hydrogens is 253 g/mol. The highest BCUT2D eigenvalue weighted by Crippen LogP contribution is 2.25. The van der Waals surface area contributed by atoms with Crippen LogP contribution < -0.4 is 8.85 Å². The number of nitrogens with zero attached hydrogens (tertiary/aromatic N) is 1. The van der Waals surface area contributed by atoms with E-state index in [-0.39, 0.29) is 5.75 Å². The lowest BCUT2D eigenvalue weighted by atomic mass is 10.4. The zero-order valence-electron chi connectivity index (χ0n) is 11.3. The Kier molecular flexibility index (Phi) is 3.98. The van der Waals surface area contributed by atoms with Gasteiger partial charge in [-0.15, -0.1) is 0 Å². The van der Waals surface area contributed by atoms with Gasteiger partial charge < -0.3 is 8.85 Å². The summed E-state index contributed by atoms with van der Waals surface area (Å²) in [5, 5.41) is 0. The lowest BCUT2D eigenvalue weighted by Gasteiger charge is -2.22. The van der Waals surface area contributed by atoms with Gasteiger partial charge in [-0.3, -0.25) is 0 Å². The molecular formula is C11H20FNO2Si2. The van der Waals surface area contributed by atoms with E-state index < -0.39 is 22.5 Å². The number of rotatable bonds is 4. The molecule has 0 bridgehead atoms. The van der Waals surface area contributed by atoms with E-state index >= 15 is 0 Å². The first kappa shape index (κ1) is 14.2. The topological polar surface area (TPSA) is 31.4 Å². The first-order valence-corrected chi connectivity index (χ1v) is 12.4. The average Bonchev–Trinajstić information content (AvgIpc) is 2.05. The molecule has 17 heavy (non-hydrogen) atoms. The lowest BCUT2D eigenvalue weighted by Crippen LogP contribution is -2.31. The maximum atomic E-state index is 13.5. The zero-order valence-corrected chi connectivity index (χ0v) is 13.3. The van der Waals surface area contributed by atoms with Gasteiger partial charge in [0, 0.05) is 6.07 Å². The van der Waals surface area contributed by atoms with Crippen molar-refractivity contribution in [1.82, 2.24) is 4.98 Å². The van der Waals surface area contributed by atoms with Crippen LogP contribution in [0.2, 0.25) is 39.3 Å². The van der Waals surface area contributed by atoms with Crippen LogP contribution in [0, 0.1) is 5.82 Å². The molecule has 0 spiro atoms. The molecule has 1 rings (SSSR count). The Morgan fingerprint density at radius 3 is 2.00 bits per heavy atom. The van der Waals surface area contributed by atoms with Crippen LogP contribution in [-0.4, -0.2) is 21.6 Å². The Bertz CT molecular complexity index is 399. The highest BCUT2D eigenvalue weighted by atomic mass is 28.4. The minimum Gasteiger partial charge on any atom is -0.542 e. The molecule has 1 aromatic rings. The predicted octanol–water partition coefficient (Wildman–Crippen LogP) is 3.65. The highest BCUT2D eigenvalue weighted by molar-refractivity contribution is 6.70. The molecule has 0 amide bonds. The third-order valence-corrected chi connectivity index (χ3v) is 3.28. The van der Waals surface area contributed by atoms with Crippen molar-refractivity contribution in [3.8, 4) is 11.6 Å². The molecule has 6 heteroatoms. The molecule has 0 fully saturated rings. The number of halogens is 1. The number of pyridine rings is 1. The normalized spacial score (nSPS) is 12.4. The summed E-state index contributed by atoms with van der Waals surface area (Å²) < 4.78 is 24.9. The SMILES string of the molecule is C[Si](C)(C)Oc1cc(O[Si](C)(C)C)c(F)cn1. The largest absolute Gasteiger partial charge is 0.542 e. The summed E-state index contributed by atoms with van der Waals surface area (Å²) in [5.74, 6) is 0.251. The van der Waals surface area contributed by atoms with E-state index in [0.29, 0.717) is 5.88 Å². The van der Waals surface area contributed by atoms with E-state index in [1.165, 1.54) is 0 Å². The first-order valence-electron chi connectivity index (χ1n) is 5.60. The smallest absolute Gasteiger partial charge is 0.244 e. The summed E-state index contributed by atoms with van der Waals surface area (Å²) in [6, 6.07) is 1.55. The molecule has 0 atom stereocenters. The van der Waals surface area contributed by atoms with E-state index in [1.54, 1.807) is 6.07 Å². The molecule has 1 heterocycles. The van der Waals surface area contributed by atoms with Gasteiger partial charge in [0.1, 0.15) is 5.75 Å². The molecule has 0 aliphatic heterocycles. The van der Waals surface area contributed by atoms with Crippen molar-refractivity contribution >= 4 is 16.6 Å². The van der Waals surface area contributed by atoms with E-state index in [2.05, 4.69) is 24.6 Å². The van der Waals surface area contributed by atoms with Crippen molar-refractivity contribution in [3.05, 3.63) is 18.1 Å². The fourth-order valence-electron chi connectivity index (χ4n) is 1.18. The van der Waals surface area contributed by atoms with Crippen molar-refractivity contribution in [3.63, 3.8) is 0 Å². The van der Waals surface area contributed by atoms with Gasteiger partial charge in [-0.2, -0.15) is 0 Å². The fraction of sp³-hybridized carbons (Fsp3) is 0.545. The monoisotopic (exact) mass is 273 g/mol. The molecule has 3 nitrogen and oxygen atoms in total. The Hall–Kier alpha value is -0.886. The average molecular weight is 273 g/mol. The van der Waals surface area contributed by atoms with E-state index in [1.807, 2.05) is 19.6 Å². The summed E-state index contributed by atoms with van der Waals surface area (Å²) >= 11 is 0. The minimum absolute atomic E-state index is 0.243. The molecule has 0 aromatic carbocycles. The van der Waals surface area contributed by atoms with Crippen LogP contribution >= 0.6 is 0 Å². The molecule has 0 aliphatic carbocycles. The number of aromatic nitrogens is 1. The molecule has 0 aliphatic rings. The molecule has 0 saturated carbocycles. The van der Waals surface area contributed by atoms with Gasteiger partial charge in [0.2, 0.25) is 22.5 Å². The summed E-state index contributed by atoms with van der Waals surface area (Å²) in [4.78, 5) is 3.93. The maximum absolute atomic E-state index is 13.5. The second kappa shape index (κ2) is 4.77. The van der Waals surface area contributed by atoms with Crippen LogP contribution in [0.3, 0.4) is 0 Å². The molecule has 1 aromatic heterocycles. The zero-order chi connectivity index (χ0) is 13.3. The molecule has 0 N–H and O–H groups in total. The van der Waals surface area contributed by atoms with Crippen molar-refractivity contribution in [2.24, 2.45) is 0 Å². The standard InChI is InChI=1S/C11H20FNO2Si2/c1-16(2,3)14-10-7-11(13-8-9(10)12)15-17(4,5)6/h7-8H,1-6H3. The van der Waals surface area contributed by atoms with Crippen molar-refractivity contribution < 1.29 is 13.2 Å². The van der Waals surface area contributed by atoms with Crippen LogP contribution in [0.15, 0.2) is 12.3 Å². The van der Waals surface area contributed by atoms with Crippen molar-refractivity contribution in [2.75, 3.05) is 0 Å². The van der Waals surface area contributed by atoms with Gasteiger partial charge in [0.15, 0.2) is 5.82 Å². The van der Waals surface area contributed by atoms with E-state index in [4.69, 9.17) is 8.85 Å². The van der Waals surface area contributed by atoms with Gasteiger partial charge in [-0.1, -0.05) is 0 Å². The van der Waals surface area contributed by atoms with Crippen LogP contribution in [0.25, 0.3) is 0 Å². The molecule has 96 valence electrons. The van der Waals surface area contributed by atoms with E-state index in [9.17, 15) is 4.39 Å². The summed E-state index contributed by atoms with van der Waals surface area (Å²) in [7, 11) is -3.55. The van der Waals surface area contributed by atoms with Crippen LogP contribution in [0.1, 0.15) is 0 Å². The van der Waals surface area contributed by atoms with E-state index in [0.717, 1.165) is 6.20 Å². The summed E-state index contributed by atoms with van der Waals surface area (Å²) in [6.45, 7) is 12.2. The number of hydrogen-bond donors (Lipinski definition) is 0. The molecule has 0 radical (unpaired) electrons. The number of hydrogen-bond acceptors (Lipinski definition) is 3. The summed E-state index contributed by atoms with van der Waals surface area (Å²) in [6.07, 6.45) is 1.16. The Balaban J connectivity index is 2.95. The Morgan fingerprint density at radius 1 is 1.00 bits per heavy atom. The van der Waals surface area contributed by atoms with Gasteiger partial charge in [0.05, 0.1) is 6.20 Å². The molecule has 0 saturated heterocycles. The lowest BCUT2D eigenvalue weighted by molar-refractivity contribution is 0.474. The third-order valence-electron chi connectivity index (χ3n) is 1.62.